The van der Waals surface area contributed by atoms with Crippen molar-refractivity contribution >= 4 is 61.7 Å². The van der Waals surface area contributed by atoms with Crippen molar-refractivity contribution in [1.29, 1.82) is 0 Å². The summed E-state index contributed by atoms with van der Waals surface area (Å²) in [6.45, 7) is 9.51. The second-order valence-electron chi connectivity index (χ2n) is 22.8. The molecule has 7 heteroatoms. The smallest absolute Gasteiger partial charge is 0.268 e. The molecule has 0 radical (unpaired) electrons. The van der Waals surface area contributed by atoms with Gasteiger partial charge in [0, 0.05) is 54.0 Å². The van der Waals surface area contributed by atoms with Crippen LogP contribution in [0.25, 0.3) is 83.4 Å². The van der Waals surface area contributed by atoms with E-state index in [4.69, 9.17) is 26.2 Å². The second-order valence-corrected chi connectivity index (χ2v) is 26.3. The van der Waals surface area contributed by atoms with Gasteiger partial charge in [-0.15, -0.1) is 29.7 Å². The molecule has 0 aliphatic carbocycles. The van der Waals surface area contributed by atoms with Crippen LogP contribution >= 0.6 is 0 Å². The van der Waals surface area contributed by atoms with Crippen molar-refractivity contribution in [2.75, 3.05) is 0 Å². The van der Waals surface area contributed by atoms with Crippen LogP contribution in [-0.2, 0) is 31.9 Å². The first kappa shape index (κ1) is 33.6. The predicted octanol–water partition coefficient (Wildman–Crippen LogP) is 16.9. The molecule has 3 aromatic heterocycles. The third-order valence-electron chi connectivity index (χ3n) is 15.4. The van der Waals surface area contributed by atoms with Crippen LogP contribution in [-0.4, -0.2) is 22.2 Å². The Balaban J connectivity index is 0.0000117. The van der Waals surface area contributed by atoms with Crippen LogP contribution in [0.15, 0.2) is 273 Å². The number of para-hydroxylation sites is 2. The van der Waals surface area contributed by atoms with Gasteiger partial charge in [0.2, 0.25) is 0 Å². The fourth-order valence-electron chi connectivity index (χ4n) is 11.1. The zero-order chi connectivity index (χ0) is 83.7. The number of hydrogen-bond donors (Lipinski definition) is 0. The van der Waals surface area contributed by atoms with E-state index in [2.05, 4.69) is 66.1 Å². The maximum Gasteiger partial charge on any atom is 0.268 e. The average molecular weight is 1360 g/mol. The molecule has 0 spiro atoms. The molecule has 0 bridgehead atoms. The molecule has 0 fully saturated rings. The average Bonchev–Trinajstić information content (AvgIpc) is 0.763. The quantitative estimate of drug-likeness (QED) is 0.0529. The van der Waals surface area contributed by atoms with Crippen molar-refractivity contribution < 1.29 is 68.8 Å². The van der Waals surface area contributed by atoms with Gasteiger partial charge in [0.05, 0.1) is 51.0 Å². The van der Waals surface area contributed by atoms with Gasteiger partial charge in [-0.25, -0.2) is 4.98 Å². The Morgan fingerprint density at radius 3 is 1.70 bits per heavy atom. The summed E-state index contributed by atoms with van der Waals surface area (Å²) < 4.78 is 270. The molecular weight excluding hydrogens is 1270 g/mol. The van der Waals surface area contributed by atoms with E-state index < -0.39 is 209 Å². The summed E-state index contributed by atoms with van der Waals surface area (Å²) in [6, 6.07) is 15.5. The summed E-state index contributed by atoms with van der Waals surface area (Å²) in [5, 5.41) is -1.80. The number of ether oxygens (including phenoxy) is 1. The molecule has 0 saturated carbocycles. The minimum absolute atomic E-state index is 0. The number of aryl methyl sites for hydroxylation is 1. The summed E-state index contributed by atoms with van der Waals surface area (Å²) >= 11 is 0. The van der Waals surface area contributed by atoms with Crippen molar-refractivity contribution in [3.63, 3.8) is 0 Å². The largest absolute Gasteiger partial charge is 0.510 e. The summed E-state index contributed by atoms with van der Waals surface area (Å²) in [6.07, 6.45) is 4.58. The van der Waals surface area contributed by atoms with E-state index in [0.717, 1.165) is 22.9 Å². The van der Waals surface area contributed by atoms with E-state index in [1.54, 1.807) is 71.3 Å². The second kappa shape index (κ2) is 23.3. The van der Waals surface area contributed by atoms with Gasteiger partial charge in [-0.1, -0.05) is 265 Å². The van der Waals surface area contributed by atoms with E-state index in [9.17, 15) is 21.9 Å². The van der Waals surface area contributed by atoms with Crippen LogP contribution in [0, 0.1) is 25.3 Å². The van der Waals surface area contributed by atoms with Crippen LogP contribution in [0.5, 0.6) is 11.5 Å². The summed E-state index contributed by atoms with van der Waals surface area (Å²) in [5.41, 5.74) is 1.51. The first-order valence-electron chi connectivity index (χ1n) is 41.7. The van der Waals surface area contributed by atoms with E-state index in [0.29, 0.717) is 27.4 Å². The van der Waals surface area contributed by atoms with Crippen molar-refractivity contribution in [3.05, 3.63) is 308 Å². The molecule has 0 unspecified atom stereocenters. The first-order valence-corrected chi connectivity index (χ1v) is 29.7. The Bertz CT molecular complexity index is 6220. The van der Waals surface area contributed by atoms with Crippen molar-refractivity contribution in [1.82, 2.24) is 14.1 Å². The third-order valence-corrected chi connectivity index (χ3v) is 19.6. The normalized spacial score (nSPS) is 16.6. The number of aromatic nitrogens is 4. The minimum Gasteiger partial charge on any atom is -0.510 e. The molecule has 5 nitrogen and oxygen atoms in total. The molecule has 0 atom stereocenters. The van der Waals surface area contributed by atoms with E-state index in [1.165, 1.54) is 33.4 Å². The van der Waals surface area contributed by atoms with Gasteiger partial charge >= 0.3 is 0 Å². The first-order chi connectivity index (χ1) is 53.9. The monoisotopic (exact) mass is 1360 g/mol. The Hall–Kier alpha value is -9.45. The summed E-state index contributed by atoms with van der Waals surface area (Å²) in [7, 11) is -6.20. The number of benzene rings is 11. The zero-order valence-electron chi connectivity index (χ0n) is 76.1. The Morgan fingerprint density at radius 2 is 1.09 bits per heavy atom. The molecule has 0 aliphatic heterocycles. The number of fused-ring (bicyclic) bond motifs is 4. The number of pyridine rings is 1. The number of hydrogen-bond acceptors (Lipinski definition) is 2. The van der Waals surface area contributed by atoms with Gasteiger partial charge in [0.25, 0.3) is 6.33 Å². The number of rotatable bonds is 12. The van der Waals surface area contributed by atoms with Gasteiger partial charge < -0.3 is 13.9 Å². The molecule has 14 rings (SSSR count). The molecule has 0 N–H and O–H groups in total. The number of nitrogens with zero attached hydrogens (tertiary/aromatic N) is 4. The molecule has 11 aromatic carbocycles. The Kier molecular flexibility index (Phi) is 8.91. The molecule has 0 amide bonds. The van der Waals surface area contributed by atoms with Crippen molar-refractivity contribution in [2.45, 2.75) is 59.2 Å². The van der Waals surface area contributed by atoms with Gasteiger partial charge in [-0.3, -0.25) is 4.57 Å². The summed E-state index contributed by atoms with van der Waals surface area (Å²) in [5.74, 6) is 0.127. The maximum atomic E-state index is 10.1. The third kappa shape index (κ3) is 10.4. The Morgan fingerprint density at radius 1 is 0.511 bits per heavy atom. The van der Waals surface area contributed by atoms with Crippen molar-refractivity contribution in [3.8, 4) is 62.1 Å². The molecule has 432 valence electrons. The summed E-state index contributed by atoms with van der Waals surface area (Å²) in [4.78, 5) is 4.70. The van der Waals surface area contributed by atoms with Gasteiger partial charge in [0.15, 0.2) is 8.07 Å². The maximum absolute atomic E-state index is 10.1. The molecular formula is C81H66N4OPtSi-2. The minimum atomic E-state index is -6.20. The molecule has 0 aliphatic rings. The predicted molar refractivity (Wildman–Crippen MR) is 362 cm³/mol. The van der Waals surface area contributed by atoms with E-state index in [1.807, 2.05) is 18.2 Å². The Labute approximate surface area is 571 Å². The molecule has 0 saturated heterocycles. The van der Waals surface area contributed by atoms with Gasteiger partial charge in [-0.05, 0) is 112 Å². The van der Waals surface area contributed by atoms with Crippen LogP contribution in [0.3, 0.4) is 0 Å². The van der Waals surface area contributed by atoms with Crippen LogP contribution in [0.2, 0.25) is 0 Å². The SMILES string of the molecule is [2H]c1c([2H])c([2H])c(-c2cnc(-n3c4[c-]c(Oc5[c-]c(-n6[c-][n+](-c7c(-c8c([2H])c([2H])c([2H])c([2H])c8[2H])cccc7[Si](c7c([2H])c([2H])c([2H])c([2H])c7[2H])(c7c([2H])c([2H])c([2H])c([2H])c7[2H])c7c([2H])c([2H])c([2H])c([2H])c7[2H])c7ccc(-c8cc(C(C)(C)C)cc(C(C)(C)C)c8)cc76)ccc5)ccc4c4ccccc43)cc2C([2H])([2H])[2H])c([2H])c1[2H].[Pt]. The molecule has 14 aromatic rings. The fraction of sp³-hybridized carbons (Fsp3) is 0.111. The van der Waals surface area contributed by atoms with Crippen LogP contribution in [0.4, 0.5) is 0 Å². The van der Waals surface area contributed by atoms with Crippen molar-refractivity contribution in [2.24, 2.45) is 0 Å². The van der Waals surface area contributed by atoms with Crippen LogP contribution in [0.1, 0.15) is 96.6 Å². The van der Waals surface area contributed by atoms with Gasteiger partial charge in [-0.2, -0.15) is 18.2 Å². The molecule has 3 heterocycles. The fourth-order valence-corrected chi connectivity index (χ4v) is 15.1. The standard InChI is InChI=1S/C81H66N4OSi.Pt/c1-56-47-78(82-54-72(56)58-29-15-9-16-30-58)85-73-41-24-23-39-70(73)71-45-44-65(53-75(71)85)86-64-32-25-31-63(52-64)83-55-84(74-46-43-59(50-76(74)83)60-48-61(80(2,3)4)51-62(49-60)81(5,6)7)79-69(57-27-13-8-14-28-57)40-26-42-77(79)87(66-33-17-10-18-34-66,67-35-19-11-20-36-67)68-37-21-12-22-38-68;/h8-51,54H,1-7H3;/q-2;/i1D3,8D,9D,10D,11D,12D,13D,14D,15D,16D,17D,18D,19D,20D,21D,22D,27D,28D,29D,30D,33D,34D,35D,36D,37D,38D;. The van der Waals surface area contributed by atoms with Gasteiger partial charge in [0.1, 0.15) is 5.82 Å². The zero-order valence-corrected chi connectivity index (χ0v) is 51.3. The topological polar surface area (TPSA) is 35.9 Å². The van der Waals surface area contributed by atoms with E-state index in [-0.39, 0.29) is 77.4 Å². The number of imidazole rings is 1. The molecule has 88 heavy (non-hydrogen) atoms. The van der Waals surface area contributed by atoms with E-state index >= 15 is 0 Å². The van der Waals surface area contributed by atoms with Crippen LogP contribution < -0.4 is 30.1 Å².